The summed E-state index contributed by atoms with van der Waals surface area (Å²) in [7, 11) is 0. The highest BCUT2D eigenvalue weighted by Crippen LogP contribution is 2.18. The van der Waals surface area contributed by atoms with E-state index in [4.69, 9.17) is 18.9 Å². The average Bonchev–Trinajstić information content (AvgIpc) is 3.90. The van der Waals surface area contributed by atoms with E-state index in [1.165, 1.54) is 52.6 Å². The van der Waals surface area contributed by atoms with Crippen molar-refractivity contribution in [2.75, 3.05) is 31.8 Å². The van der Waals surface area contributed by atoms with E-state index in [1.807, 2.05) is 27.7 Å². The molecule has 0 amide bonds. The second kappa shape index (κ2) is 23.9. The molecule has 8 rings (SSSR count). The Morgan fingerprint density at radius 2 is 1.20 bits per heavy atom. The fourth-order valence-electron chi connectivity index (χ4n) is 7.64. The third-order valence-electron chi connectivity index (χ3n) is 10.9. The summed E-state index contributed by atoms with van der Waals surface area (Å²) in [5.41, 5.74) is 1.37. The van der Waals surface area contributed by atoms with Crippen LogP contribution in [0.5, 0.6) is 0 Å². The lowest BCUT2D eigenvalue weighted by Gasteiger charge is -2.22. The Balaban J connectivity index is 0.000000182. The van der Waals surface area contributed by atoms with Gasteiger partial charge in [-0.05, 0) is 114 Å². The van der Waals surface area contributed by atoms with Crippen LogP contribution in [0.15, 0.2) is 80.4 Å². The molecule has 2 atom stereocenters. The van der Waals surface area contributed by atoms with Crippen LogP contribution in [0.4, 0.5) is 8.78 Å². The highest BCUT2D eigenvalue weighted by Gasteiger charge is 2.21. The van der Waals surface area contributed by atoms with Gasteiger partial charge in [0, 0.05) is 50.3 Å². The number of fused-ring (bicyclic) bond motifs is 2. The van der Waals surface area contributed by atoms with Crippen LogP contribution in [0.3, 0.4) is 0 Å². The van der Waals surface area contributed by atoms with Gasteiger partial charge in [-0.2, -0.15) is 0 Å². The van der Waals surface area contributed by atoms with Crippen LogP contribution >= 0.6 is 15.9 Å². The lowest BCUT2D eigenvalue weighted by atomic mass is 10.2. The van der Waals surface area contributed by atoms with Gasteiger partial charge < -0.3 is 28.1 Å². The molecular weight excluding hydrogens is 910 g/mol. The van der Waals surface area contributed by atoms with Crippen LogP contribution in [0, 0.1) is 11.6 Å². The number of ether oxygens (including phenoxy) is 4. The van der Waals surface area contributed by atoms with Crippen molar-refractivity contribution >= 4 is 38.3 Å². The molecule has 2 aliphatic heterocycles. The van der Waals surface area contributed by atoms with E-state index in [-0.39, 0.29) is 54.1 Å². The highest BCUT2D eigenvalue weighted by atomic mass is 79.9. The van der Waals surface area contributed by atoms with Crippen molar-refractivity contribution in [3.8, 4) is 0 Å². The zero-order chi connectivity index (χ0) is 46.5. The molecule has 2 aliphatic rings. The average molecular weight is 970 g/mol. The molecule has 4 aromatic heterocycles. The Morgan fingerprint density at radius 3 is 1.68 bits per heavy atom. The summed E-state index contributed by atoms with van der Waals surface area (Å²) >= 11 is 3.35. The summed E-state index contributed by atoms with van der Waals surface area (Å²) in [6, 6.07) is 11.8. The molecule has 65 heavy (non-hydrogen) atoms. The van der Waals surface area contributed by atoms with Crippen molar-refractivity contribution in [2.24, 2.45) is 0 Å². The molecule has 1 N–H and O–H groups in total. The molecule has 0 aliphatic carbocycles. The van der Waals surface area contributed by atoms with Crippen molar-refractivity contribution in [2.45, 2.75) is 123 Å². The zero-order valence-corrected chi connectivity index (χ0v) is 39.0. The van der Waals surface area contributed by atoms with Gasteiger partial charge in [0.25, 0.3) is 11.1 Å². The first-order valence-electron chi connectivity index (χ1n) is 22.3. The number of alkyl halides is 1. The minimum absolute atomic E-state index is 0.0859. The minimum Gasteiger partial charge on any atom is -0.353 e. The van der Waals surface area contributed by atoms with Gasteiger partial charge in [0.15, 0.2) is 34.9 Å². The van der Waals surface area contributed by atoms with Crippen molar-refractivity contribution in [1.29, 1.82) is 0 Å². The smallest absolute Gasteiger partial charge is 0.332 e. The number of hydrogen-bond donors (Lipinski definition) is 1. The van der Waals surface area contributed by atoms with Gasteiger partial charge in [0.1, 0.15) is 11.6 Å². The third-order valence-corrected chi connectivity index (χ3v) is 11.4. The monoisotopic (exact) mass is 968 g/mol. The first kappa shape index (κ1) is 49.4. The van der Waals surface area contributed by atoms with Gasteiger partial charge in [-0.3, -0.25) is 28.3 Å². The maximum atomic E-state index is 13.3. The minimum atomic E-state index is -0.475. The number of nitrogens with zero attached hydrogens (tertiary/aromatic N) is 7. The summed E-state index contributed by atoms with van der Waals surface area (Å²) in [6.45, 7) is 11.2. The number of nitrogens with one attached hydrogen (secondary N) is 1. The van der Waals surface area contributed by atoms with E-state index in [2.05, 4.69) is 30.9 Å². The fraction of sp³-hybridized carbons (Fsp3) is 0.522. The second-order valence-electron chi connectivity index (χ2n) is 16.5. The quantitative estimate of drug-likeness (QED) is 0.0833. The highest BCUT2D eigenvalue weighted by molar-refractivity contribution is 9.09. The van der Waals surface area contributed by atoms with Gasteiger partial charge in [-0.15, -0.1) is 0 Å². The Hall–Kier alpha value is -5.08. The van der Waals surface area contributed by atoms with Crippen LogP contribution < -0.4 is 22.5 Å². The molecule has 352 valence electrons. The Morgan fingerprint density at radius 1 is 0.708 bits per heavy atom. The fourth-order valence-corrected chi connectivity index (χ4v) is 7.87. The van der Waals surface area contributed by atoms with Crippen molar-refractivity contribution < 1.29 is 27.7 Å². The molecule has 0 radical (unpaired) electrons. The van der Waals surface area contributed by atoms with Crippen molar-refractivity contribution in [1.82, 2.24) is 37.8 Å². The van der Waals surface area contributed by atoms with E-state index in [1.54, 1.807) is 44.3 Å². The maximum absolute atomic E-state index is 13.3. The van der Waals surface area contributed by atoms with Crippen LogP contribution in [-0.4, -0.2) is 82.1 Å². The summed E-state index contributed by atoms with van der Waals surface area (Å²) in [6.07, 6.45) is 11.1. The van der Waals surface area contributed by atoms with E-state index < -0.39 is 11.2 Å². The van der Waals surface area contributed by atoms with E-state index >= 15 is 0 Å². The third kappa shape index (κ3) is 13.1. The van der Waals surface area contributed by atoms with Crippen LogP contribution in [0.25, 0.3) is 22.3 Å². The lowest BCUT2D eigenvalue weighted by Crippen LogP contribution is -2.41. The first-order valence-corrected chi connectivity index (χ1v) is 23.4. The van der Waals surface area contributed by atoms with Crippen LogP contribution in [0.1, 0.15) is 102 Å². The maximum Gasteiger partial charge on any atom is 0.332 e. The number of imidazole rings is 2. The molecule has 6 aromatic rings. The largest absolute Gasteiger partial charge is 0.353 e. The number of hydrogen-bond acceptors (Lipinski definition) is 10. The summed E-state index contributed by atoms with van der Waals surface area (Å²) in [5.74, 6) is -0.633. The summed E-state index contributed by atoms with van der Waals surface area (Å²) < 4.78 is 56.0. The number of aromatic nitrogens is 8. The van der Waals surface area contributed by atoms with E-state index in [0.717, 1.165) is 61.8 Å². The molecule has 2 saturated heterocycles. The van der Waals surface area contributed by atoms with Gasteiger partial charge in [0.2, 0.25) is 0 Å². The lowest BCUT2D eigenvalue weighted by molar-refractivity contribution is -0.163. The summed E-state index contributed by atoms with van der Waals surface area (Å²) in [5, 5.41) is 1.01. The van der Waals surface area contributed by atoms with E-state index in [9.17, 15) is 28.0 Å². The Labute approximate surface area is 383 Å². The zero-order valence-electron chi connectivity index (χ0n) is 37.4. The molecule has 0 spiro atoms. The van der Waals surface area contributed by atoms with Crippen LogP contribution in [0.2, 0.25) is 0 Å². The standard InChI is InChI=1S/C23H29FN4O4.C15H15FN4O2.C8H15BrO2/c1-16(2)28-21-20(26(15-25-21)14-17-7-9-18(24)10-8-17)22(29)27(23(28)30)11-5-13-32-19-6-3-4-12-31-19;1-9(2)20-13-12(14(21)18-15(20)22)19(8-17-13)7-10-3-5-11(16)6-4-10;9-5-3-7-11-8-4-1-2-6-10-8/h7-10,15-16,19H,3-6,11-14H2,1-2H3;3-6,8-9H,7H2,1-2H3,(H,18,21,22);8H,1-7H2. The molecule has 0 saturated carbocycles. The number of rotatable bonds is 15. The van der Waals surface area contributed by atoms with Crippen molar-refractivity contribution in [3.63, 3.8) is 0 Å². The first-order chi connectivity index (χ1) is 31.4. The Kier molecular flexibility index (Phi) is 18.2. The van der Waals surface area contributed by atoms with Gasteiger partial charge in [-0.1, -0.05) is 40.2 Å². The van der Waals surface area contributed by atoms with Gasteiger partial charge in [-0.25, -0.2) is 28.3 Å². The molecular formula is C46H59BrF2N8O8. The predicted molar refractivity (Wildman–Crippen MR) is 247 cm³/mol. The van der Waals surface area contributed by atoms with Gasteiger partial charge in [0.05, 0.1) is 25.9 Å². The van der Waals surface area contributed by atoms with Crippen molar-refractivity contribution in [3.05, 3.63) is 126 Å². The van der Waals surface area contributed by atoms with Crippen LogP contribution in [-0.2, 0) is 38.6 Å². The molecule has 2 unspecified atom stereocenters. The number of halogens is 3. The topological polar surface area (TPSA) is 171 Å². The predicted octanol–water partition coefficient (Wildman–Crippen LogP) is 7.03. The molecule has 2 fully saturated rings. The second-order valence-corrected chi connectivity index (χ2v) is 17.3. The molecule has 16 nitrogen and oxygen atoms in total. The van der Waals surface area contributed by atoms with E-state index in [0.29, 0.717) is 55.1 Å². The van der Waals surface area contributed by atoms with Gasteiger partial charge >= 0.3 is 11.4 Å². The SMILES string of the molecule is BrCCCOC1CCCCO1.CC(C)n1c(=O)[nH]c(=O)c2c1ncn2Cc1ccc(F)cc1.CC(C)n1c(=O)n(CCCOC2CCCCO2)c(=O)c2c1ncn2Cc1ccc(F)cc1. The number of benzene rings is 2. The number of H-pyrrole nitrogens is 1. The molecule has 19 heteroatoms. The number of aromatic amines is 1. The summed E-state index contributed by atoms with van der Waals surface area (Å²) in [4.78, 5) is 61.3. The Bertz CT molecular complexity index is 2680. The normalized spacial score (nSPS) is 16.4. The molecule has 0 bridgehead atoms. The molecule has 6 heterocycles. The molecule has 2 aromatic carbocycles.